The van der Waals surface area contributed by atoms with E-state index >= 15 is 0 Å². The van der Waals surface area contributed by atoms with E-state index < -0.39 is 0 Å². The van der Waals surface area contributed by atoms with Crippen LogP contribution in [0.25, 0.3) is 0 Å². The molecule has 3 rings (SSSR count). The summed E-state index contributed by atoms with van der Waals surface area (Å²) in [5.74, 6) is 1.06. The summed E-state index contributed by atoms with van der Waals surface area (Å²) >= 11 is 0. The van der Waals surface area contributed by atoms with Crippen LogP contribution in [0, 0.1) is 5.92 Å². The highest BCUT2D eigenvalue weighted by atomic mass is 15.2. The Labute approximate surface area is 113 Å². The van der Waals surface area contributed by atoms with Crippen LogP contribution in [0.3, 0.4) is 0 Å². The Morgan fingerprint density at radius 2 is 1.72 bits per heavy atom. The van der Waals surface area contributed by atoms with E-state index in [1.807, 2.05) is 0 Å². The largest absolute Gasteiger partial charge is 0.314 e. The molecule has 1 N–H and O–H groups in total. The van der Waals surface area contributed by atoms with Gasteiger partial charge < -0.3 is 5.32 Å². The van der Waals surface area contributed by atoms with Crippen molar-refractivity contribution < 1.29 is 0 Å². The minimum Gasteiger partial charge on any atom is -0.314 e. The van der Waals surface area contributed by atoms with Gasteiger partial charge in [0.2, 0.25) is 0 Å². The predicted octanol–water partition coefficient (Wildman–Crippen LogP) is 3.17. The van der Waals surface area contributed by atoms with E-state index in [2.05, 4.69) is 17.1 Å². The third-order valence-corrected chi connectivity index (χ3v) is 5.71. The van der Waals surface area contributed by atoms with E-state index in [1.165, 1.54) is 64.3 Å². The molecule has 0 bridgehead atoms. The molecule has 3 fully saturated rings. The summed E-state index contributed by atoms with van der Waals surface area (Å²) in [5, 5.41) is 3.63. The van der Waals surface area contributed by atoms with Crippen LogP contribution in [0.5, 0.6) is 0 Å². The summed E-state index contributed by atoms with van der Waals surface area (Å²) in [6.07, 6.45) is 13.2. The Hall–Kier alpha value is -0.0800. The molecule has 2 aliphatic carbocycles. The van der Waals surface area contributed by atoms with Crippen LogP contribution in [0.15, 0.2) is 0 Å². The quantitative estimate of drug-likeness (QED) is 0.827. The van der Waals surface area contributed by atoms with Gasteiger partial charge in [-0.1, -0.05) is 19.8 Å². The van der Waals surface area contributed by atoms with Gasteiger partial charge >= 0.3 is 0 Å². The topological polar surface area (TPSA) is 15.3 Å². The molecule has 0 radical (unpaired) electrons. The van der Waals surface area contributed by atoms with Gasteiger partial charge in [-0.3, -0.25) is 4.90 Å². The number of nitrogens with one attached hydrogen (secondary N) is 1. The number of likely N-dealkylation sites (tertiary alicyclic amines) is 1. The van der Waals surface area contributed by atoms with E-state index in [0.29, 0.717) is 0 Å². The zero-order valence-corrected chi connectivity index (χ0v) is 12.0. The molecule has 2 saturated carbocycles. The third kappa shape index (κ3) is 2.60. The molecular weight excluding hydrogens is 220 g/mol. The molecular formula is C16H30N2. The maximum atomic E-state index is 3.63. The van der Waals surface area contributed by atoms with Crippen LogP contribution < -0.4 is 5.32 Å². The maximum absolute atomic E-state index is 3.63. The average Bonchev–Trinajstić information content (AvgIpc) is 2.84. The van der Waals surface area contributed by atoms with Crippen molar-refractivity contribution in [3.8, 4) is 0 Å². The van der Waals surface area contributed by atoms with Gasteiger partial charge in [0, 0.05) is 18.1 Å². The van der Waals surface area contributed by atoms with Gasteiger partial charge in [-0.05, 0) is 64.0 Å². The lowest BCUT2D eigenvalue weighted by atomic mass is 9.83. The minimum atomic E-state index is 0.816. The summed E-state index contributed by atoms with van der Waals surface area (Å²) in [6, 6.07) is 2.71. The fourth-order valence-corrected chi connectivity index (χ4v) is 4.80. The van der Waals surface area contributed by atoms with Gasteiger partial charge in [0.15, 0.2) is 0 Å². The normalized spacial score (nSPS) is 41.8. The van der Waals surface area contributed by atoms with E-state index in [-0.39, 0.29) is 0 Å². The van der Waals surface area contributed by atoms with Crippen LogP contribution in [0.1, 0.15) is 64.7 Å². The van der Waals surface area contributed by atoms with Crippen molar-refractivity contribution in [3.63, 3.8) is 0 Å². The molecule has 1 aliphatic heterocycles. The van der Waals surface area contributed by atoms with Crippen LogP contribution in [-0.4, -0.2) is 36.1 Å². The molecule has 18 heavy (non-hydrogen) atoms. The second-order valence-corrected chi connectivity index (χ2v) is 6.70. The fraction of sp³-hybridized carbons (Fsp3) is 1.00. The van der Waals surface area contributed by atoms with Crippen molar-refractivity contribution in [2.75, 3.05) is 13.1 Å². The van der Waals surface area contributed by atoms with E-state index in [4.69, 9.17) is 0 Å². The smallest absolute Gasteiger partial charge is 0.0127 e. The standard InChI is InChI=1S/C16H30N2/c1-2-17-14-7-9-15(10-8-14)18-12-11-13-5-3-4-6-16(13)18/h13-17H,2-12H2,1H3. The van der Waals surface area contributed by atoms with Crippen molar-refractivity contribution in [3.05, 3.63) is 0 Å². The highest BCUT2D eigenvalue weighted by Gasteiger charge is 2.39. The minimum absolute atomic E-state index is 0.816. The first kappa shape index (κ1) is 12.9. The van der Waals surface area contributed by atoms with Crippen LogP contribution in [0.4, 0.5) is 0 Å². The lowest BCUT2D eigenvalue weighted by Gasteiger charge is -2.40. The molecule has 0 amide bonds. The first-order valence-corrected chi connectivity index (χ1v) is 8.37. The number of fused-ring (bicyclic) bond motifs is 1. The zero-order chi connectivity index (χ0) is 12.4. The zero-order valence-electron chi connectivity index (χ0n) is 12.0. The second kappa shape index (κ2) is 5.92. The summed E-state index contributed by atoms with van der Waals surface area (Å²) in [6.45, 7) is 4.79. The van der Waals surface area contributed by atoms with Crippen molar-refractivity contribution >= 4 is 0 Å². The number of hydrogen-bond donors (Lipinski definition) is 1. The third-order valence-electron chi connectivity index (χ3n) is 5.71. The summed E-state index contributed by atoms with van der Waals surface area (Å²) in [4.78, 5) is 2.92. The Balaban J connectivity index is 1.53. The van der Waals surface area contributed by atoms with Crippen LogP contribution >= 0.6 is 0 Å². The molecule has 3 aliphatic rings. The van der Waals surface area contributed by atoms with Crippen LogP contribution in [0.2, 0.25) is 0 Å². The molecule has 0 aromatic carbocycles. The summed E-state index contributed by atoms with van der Waals surface area (Å²) in [5.41, 5.74) is 0. The van der Waals surface area contributed by atoms with Gasteiger partial charge in [-0.25, -0.2) is 0 Å². The highest BCUT2D eigenvalue weighted by Crippen LogP contribution is 2.39. The van der Waals surface area contributed by atoms with Gasteiger partial charge in [0.05, 0.1) is 0 Å². The van der Waals surface area contributed by atoms with Crippen LogP contribution in [-0.2, 0) is 0 Å². The number of nitrogens with zero attached hydrogens (tertiary/aromatic N) is 1. The maximum Gasteiger partial charge on any atom is 0.0127 e. The van der Waals surface area contributed by atoms with Crippen molar-refractivity contribution in [2.24, 2.45) is 5.92 Å². The van der Waals surface area contributed by atoms with E-state index in [9.17, 15) is 0 Å². The Morgan fingerprint density at radius 1 is 0.944 bits per heavy atom. The van der Waals surface area contributed by atoms with Crippen molar-refractivity contribution in [2.45, 2.75) is 82.8 Å². The molecule has 2 unspecified atom stereocenters. The van der Waals surface area contributed by atoms with Crippen molar-refractivity contribution in [1.29, 1.82) is 0 Å². The number of hydrogen-bond acceptors (Lipinski definition) is 2. The first-order chi connectivity index (χ1) is 8.88. The predicted molar refractivity (Wildman–Crippen MR) is 76.8 cm³/mol. The van der Waals surface area contributed by atoms with Gasteiger partial charge in [0.1, 0.15) is 0 Å². The molecule has 1 heterocycles. The van der Waals surface area contributed by atoms with E-state index in [1.54, 1.807) is 0 Å². The lowest BCUT2D eigenvalue weighted by Crippen LogP contribution is -2.46. The Bertz CT molecular complexity index is 258. The molecule has 0 spiro atoms. The Kier molecular flexibility index (Phi) is 4.25. The molecule has 1 saturated heterocycles. The first-order valence-electron chi connectivity index (χ1n) is 8.37. The number of rotatable bonds is 3. The lowest BCUT2D eigenvalue weighted by molar-refractivity contribution is 0.0996. The SMILES string of the molecule is CCNC1CCC(N2CCC3CCCCC32)CC1. The molecule has 2 heteroatoms. The average molecular weight is 250 g/mol. The second-order valence-electron chi connectivity index (χ2n) is 6.70. The van der Waals surface area contributed by atoms with Gasteiger partial charge in [-0.15, -0.1) is 0 Å². The Morgan fingerprint density at radius 3 is 2.50 bits per heavy atom. The molecule has 104 valence electrons. The summed E-state index contributed by atoms with van der Waals surface area (Å²) in [7, 11) is 0. The fourth-order valence-electron chi connectivity index (χ4n) is 4.80. The van der Waals surface area contributed by atoms with Gasteiger partial charge in [-0.2, -0.15) is 0 Å². The molecule has 0 aromatic heterocycles. The van der Waals surface area contributed by atoms with E-state index in [0.717, 1.165) is 30.6 Å². The molecule has 0 aromatic rings. The monoisotopic (exact) mass is 250 g/mol. The summed E-state index contributed by atoms with van der Waals surface area (Å²) < 4.78 is 0. The highest BCUT2D eigenvalue weighted by molar-refractivity contribution is 4.94. The molecule has 2 atom stereocenters. The van der Waals surface area contributed by atoms with Gasteiger partial charge in [0.25, 0.3) is 0 Å². The van der Waals surface area contributed by atoms with Crippen molar-refractivity contribution in [1.82, 2.24) is 10.2 Å². The molecule has 2 nitrogen and oxygen atoms in total.